The first-order valence-corrected chi connectivity index (χ1v) is 6.38. The molecule has 0 saturated carbocycles. The molecule has 0 aliphatic rings. The molecule has 0 heterocycles. The molecule has 0 amide bonds. The molecule has 2 aromatic rings. The summed E-state index contributed by atoms with van der Waals surface area (Å²) in [5, 5.41) is 9.17. The number of ether oxygens (including phenoxy) is 1. The quantitative estimate of drug-likeness (QED) is 0.918. The van der Waals surface area contributed by atoms with Gasteiger partial charge in [-0.05, 0) is 42.0 Å². The summed E-state index contributed by atoms with van der Waals surface area (Å²) in [5.74, 6) is -0.987. The fraction of sp³-hybridized carbons (Fsp3) is 0.188. The highest BCUT2D eigenvalue weighted by atomic mass is 19.1. The van der Waals surface area contributed by atoms with Crippen LogP contribution in [0.1, 0.15) is 15.9 Å². The van der Waals surface area contributed by atoms with Crippen molar-refractivity contribution in [3.63, 3.8) is 0 Å². The third-order valence-electron chi connectivity index (χ3n) is 3.18. The van der Waals surface area contributed by atoms with E-state index in [0.717, 1.165) is 11.3 Å². The molecule has 2 aromatic carbocycles. The van der Waals surface area contributed by atoms with Crippen molar-refractivity contribution >= 4 is 11.7 Å². The molecule has 4 nitrogen and oxygen atoms in total. The lowest BCUT2D eigenvalue weighted by atomic mass is 10.1. The van der Waals surface area contributed by atoms with Crippen molar-refractivity contribution in [3.8, 4) is 5.75 Å². The van der Waals surface area contributed by atoms with E-state index in [-0.39, 0.29) is 11.4 Å². The first kappa shape index (κ1) is 14.8. The van der Waals surface area contributed by atoms with Crippen LogP contribution in [0.5, 0.6) is 5.75 Å². The molecule has 1 N–H and O–H groups in total. The molecule has 0 unspecified atom stereocenters. The van der Waals surface area contributed by atoms with Crippen LogP contribution in [0.4, 0.5) is 10.1 Å². The van der Waals surface area contributed by atoms with Crippen molar-refractivity contribution in [1.29, 1.82) is 0 Å². The maximum atomic E-state index is 12.9. The van der Waals surface area contributed by atoms with E-state index < -0.39 is 5.97 Å². The molecular weight excluding hydrogens is 273 g/mol. The van der Waals surface area contributed by atoms with Gasteiger partial charge in [-0.1, -0.05) is 6.07 Å². The minimum absolute atomic E-state index is 0.127. The Morgan fingerprint density at radius 3 is 2.48 bits per heavy atom. The van der Waals surface area contributed by atoms with Crippen LogP contribution in [0.3, 0.4) is 0 Å². The monoisotopic (exact) mass is 289 g/mol. The van der Waals surface area contributed by atoms with Crippen molar-refractivity contribution < 1.29 is 19.0 Å². The predicted molar refractivity (Wildman–Crippen MR) is 78.5 cm³/mol. The number of carboxylic acids is 1. The number of hydrogen-bond donors (Lipinski definition) is 1. The van der Waals surface area contributed by atoms with E-state index >= 15 is 0 Å². The van der Waals surface area contributed by atoms with Gasteiger partial charge in [-0.3, -0.25) is 0 Å². The number of methoxy groups -OCH3 is 1. The topological polar surface area (TPSA) is 49.8 Å². The number of hydrogen-bond acceptors (Lipinski definition) is 3. The van der Waals surface area contributed by atoms with E-state index in [0.29, 0.717) is 12.3 Å². The Balaban J connectivity index is 2.21. The Kier molecular flexibility index (Phi) is 4.42. The van der Waals surface area contributed by atoms with Crippen LogP contribution in [0.15, 0.2) is 42.5 Å². The molecule has 0 fully saturated rings. The van der Waals surface area contributed by atoms with Crippen molar-refractivity contribution in [2.24, 2.45) is 0 Å². The van der Waals surface area contributed by atoms with Gasteiger partial charge in [-0.2, -0.15) is 0 Å². The summed E-state index contributed by atoms with van der Waals surface area (Å²) in [6.07, 6.45) is 0. The zero-order chi connectivity index (χ0) is 15.4. The summed E-state index contributed by atoms with van der Waals surface area (Å²) in [4.78, 5) is 13.1. The third-order valence-corrected chi connectivity index (χ3v) is 3.18. The van der Waals surface area contributed by atoms with E-state index in [2.05, 4.69) is 0 Å². The minimum Gasteiger partial charge on any atom is -0.496 e. The van der Waals surface area contributed by atoms with Gasteiger partial charge in [0, 0.05) is 19.3 Å². The summed E-state index contributed by atoms with van der Waals surface area (Å²) >= 11 is 0. The standard InChI is InChI=1S/C16H16FNO3/c1-18(13-6-4-12(17)5-7-13)10-11-3-8-15(21-2)14(9-11)16(19)20/h3-9H,10H2,1-2H3,(H,19,20). The number of rotatable bonds is 5. The molecule has 5 heteroatoms. The second-order valence-electron chi connectivity index (χ2n) is 4.67. The summed E-state index contributed by atoms with van der Waals surface area (Å²) in [6, 6.07) is 11.2. The number of benzene rings is 2. The van der Waals surface area contributed by atoms with Gasteiger partial charge in [-0.15, -0.1) is 0 Å². The second-order valence-corrected chi connectivity index (χ2v) is 4.67. The lowest BCUT2D eigenvalue weighted by Crippen LogP contribution is -2.16. The molecule has 0 aliphatic heterocycles. The zero-order valence-electron chi connectivity index (χ0n) is 11.8. The van der Waals surface area contributed by atoms with E-state index in [1.165, 1.54) is 19.2 Å². The number of carbonyl (C=O) groups is 1. The Morgan fingerprint density at radius 2 is 1.90 bits per heavy atom. The van der Waals surface area contributed by atoms with Gasteiger partial charge in [0.1, 0.15) is 17.1 Å². The van der Waals surface area contributed by atoms with Crippen LogP contribution in [0, 0.1) is 5.82 Å². The number of aromatic carboxylic acids is 1. The van der Waals surface area contributed by atoms with Crippen molar-refractivity contribution in [1.82, 2.24) is 0 Å². The fourth-order valence-electron chi connectivity index (χ4n) is 2.08. The van der Waals surface area contributed by atoms with E-state index in [9.17, 15) is 9.18 Å². The molecule has 0 saturated heterocycles. The molecule has 0 spiro atoms. The van der Waals surface area contributed by atoms with Gasteiger partial charge in [0.05, 0.1) is 7.11 Å². The Hall–Kier alpha value is -2.56. The van der Waals surface area contributed by atoms with Gasteiger partial charge >= 0.3 is 5.97 Å². The predicted octanol–water partition coefficient (Wildman–Crippen LogP) is 3.17. The lowest BCUT2D eigenvalue weighted by Gasteiger charge is -2.20. The van der Waals surface area contributed by atoms with Crippen LogP contribution < -0.4 is 9.64 Å². The smallest absolute Gasteiger partial charge is 0.339 e. The molecule has 0 atom stereocenters. The maximum absolute atomic E-state index is 12.9. The molecule has 110 valence electrons. The fourth-order valence-corrected chi connectivity index (χ4v) is 2.08. The Morgan fingerprint density at radius 1 is 1.24 bits per heavy atom. The van der Waals surface area contributed by atoms with Gasteiger partial charge in [0.15, 0.2) is 0 Å². The first-order chi connectivity index (χ1) is 10.0. The van der Waals surface area contributed by atoms with Crippen molar-refractivity contribution in [2.75, 3.05) is 19.1 Å². The van der Waals surface area contributed by atoms with E-state index in [1.54, 1.807) is 24.3 Å². The maximum Gasteiger partial charge on any atom is 0.339 e. The molecule has 0 aromatic heterocycles. The molecule has 2 rings (SSSR count). The second kappa shape index (κ2) is 6.26. The van der Waals surface area contributed by atoms with Gasteiger partial charge in [0.2, 0.25) is 0 Å². The number of anilines is 1. The molecule has 0 radical (unpaired) electrons. The van der Waals surface area contributed by atoms with Gasteiger partial charge in [-0.25, -0.2) is 9.18 Å². The zero-order valence-corrected chi connectivity index (χ0v) is 11.8. The largest absolute Gasteiger partial charge is 0.496 e. The van der Waals surface area contributed by atoms with Crippen molar-refractivity contribution in [2.45, 2.75) is 6.54 Å². The number of carboxylic acid groups (broad SMARTS) is 1. The Bertz CT molecular complexity index is 640. The van der Waals surface area contributed by atoms with Crippen LogP contribution in [0.25, 0.3) is 0 Å². The highest BCUT2D eigenvalue weighted by Crippen LogP contribution is 2.22. The van der Waals surface area contributed by atoms with E-state index in [4.69, 9.17) is 9.84 Å². The summed E-state index contributed by atoms with van der Waals surface area (Å²) in [7, 11) is 3.30. The van der Waals surface area contributed by atoms with Crippen LogP contribution in [-0.4, -0.2) is 25.2 Å². The van der Waals surface area contributed by atoms with Crippen LogP contribution >= 0.6 is 0 Å². The third kappa shape index (κ3) is 3.51. The number of halogens is 1. The summed E-state index contributed by atoms with van der Waals surface area (Å²) in [6.45, 7) is 0.510. The van der Waals surface area contributed by atoms with Gasteiger partial charge in [0.25, 0.3) is 0 Å². The molecule has 0 bridgehead atoms. The lowest BCUT2D eigenvalue weighted by molar-refractivity contribution is 0.0693. The van der Waals surface area contributed by atoms with Crippen LogP contribution in [0.2, 0.25) is 0 Å². The average Bonchev–Trinajstić information content (AvgIpc) is 2.47. The average molecular weight is 289 g/mol. The normalized spacial score (nSPS) is 10.2. The highest BCUT2D eigenvalue weighted by molar-refractivity contribution is 5.91. The van der Waals surface area contributed by atoms with Crippen LogP contribution in [-0.2, 0) is 6.54 Å². The van der Waals surface area contributed by atoms with Crippen molar-refractivity contribution in [3.05, 3.63) is 59.4 Å². The summed E-state index contributed by atoms with van der Waals surface area (Å²) in [5.41, 5.74) is 1.81. The highest BCUT2D eigenvalue weighted by Gasteiger charge is 2.12. The minimum atomic E-state index is -1.03. The Labute approximate surface area is 122 Å². The van der Waals surface area contributed by atoms with E-state index in [1.807, 2.05) is 18.0 Å². The van der Waals surface area contributed by atoms with Gasteiger partial charge < -0.3 is 14.7 Å². The molecule has 21 heavy (non-hydrogen) atoms. The first-order valence-electron chi connectivity index (χ1n) is 6.38. The summed E-state index contributed by atoms with van der Waals surface area (Å²) < 4.78 is 17.9. The molecule has 0 aliphatic carbocycles. The number of nitrogens with zero attached hydrogens (tertiary/aromatic N) is 1. The SMILES string of the molecule is COc1ccc(CN(C)c2ccc(F)cc2)cc1C(=O)O. The molecular formula is C16H16FNO3.